The Kier molecular flexibility index (Phi) is 2.16. The molecule has 10 heavy (non-hydrogen) atoms. The summed E-state index contributed by atoms with van der Waals surface area (Å²) < 4.78 is 13.2. The van der Waals surface area contributed by atoms with Crippen LogP contribution in [0.25, 0.3) is 0 Å². The molecule has 0 spiro atoms. The number of benzene rings is 1. The van der Waals surface area contributed by atoms with Crippen LogP contribution in [0, 0.1) is 5.82 Å². The van der Waals surface area contributed by atoms with E-state index >= 15 is 0 Å². The van der Waals surface area contributed by atoms with E-state index in [1.807, 2.05) is 0 Å². The molecule has 0 unspecified atom stereocenters. The number of hydrogen-bond donors (Lipinski definition) is 1. The van der Waals surface area contributed by atoms with Crippen LogP contribution in [0.4, 0.5) is 10.1 Å². The Balaban J connectivity index is 3.34. The van der Waals surface area contributed by atoms with Crippen molar-refractivity contribution in [1.29, 1.82) is 0 Å². The van der Waals surface area contributed by atoms with Gasteiger partial charge in [0.25, 0.3) is 0 Å². The van der Waals surface area contributed by atoms with Crippen LogP contribution in [-0.4, -0.2) is 0 Å². The molecule has 0 radical (unpaired) electrons. The van der Waals surface area contributed by atoms with Crippen LogP contribution in [0.2, 0.25) is 5.02 Å². The molecule has 1 aromatic carbocycles. The Morgan fingerprint density at radius 2 is 2.10 bits per heavy atom. The van der Waals surface area contributed by atoms with Crippen molar-refractivity contribution in [1.82, 2.24) is 0 Å². The maximum atomic E-state index is 12.7. The van der Waals surface area contributed by atoms with Gasteiger partial charge in [0.2, 0.25) is 0 Å². The maximum absolute atomic E-state index is 12.7. The maximum Gasteiger partial charge on any atom is 0.165 e. The van der Waals surface area contributed by atoms with Gasteiger partial charge in [-0.15, -0.1) is 0 Å². The average Bonchev–Trinajstić information content (AvgIpc) is 1.93. The smallest absolute Gasteiger partial charge is 0.165 e. The number of halogens is 3. The SMILES string of the molecule is Nc1ccc(Br)c(Cl)c1F. The van der Waals surface area contributed by atoms with Crippen molar-refractivity contribution in [2.75, 3.05) is 5.73 Å². The van der Waals surface area contributed by atoms with E-state index in [2.05, 4.69) is 15.9 Å². The lowest BCUT2D eigenvalue weighted by atomic mass is 10.3. The molecule has 0 aromatic heterocycles. The zero-order chi connectivity index (χ0) is 7.72. The second-order valence-corrected chi connectivity index (χ2v) is 3.00. The molecule has 1 rings (SSSR count). The largest absolute Gasteiger partial charge is 0.396 e. The van der Waals surface area contributed by atoms with Gasteiger partial charge in [0.05, 0.1) is 10.7 Å². The van der Waals surface area contributed by atoms with Crippen LogP contribution >= 0.6 is 27.5 Å². The second-order valence-electron chi connectivity index (χ2n) is 1.76. The molecule has 2 N–H and O–H groups in total. The van der Waals surface area contributed by atoms with Crippen molar-refractivity contribution >= 4 is 33.2 Å². The van der Waals surface area contributed by atoms with Gasteiger partial charge in [-0.1, -0.05) is 11.6 Å². The van der Waals surface area contributed by atoms with Gasteiger partial charge in [-0.05, 0) is 28.1 Å². The third kappa shape index (κ3) is 1.25. The van der Waals surface area contributed by atoms with Crippen LogP contribution in [0.1, 0.15) is 0 Å². The molecule has 0 saturated heterocycles. The fraction of sp³-hybridized carbons (Fsp3) is 0. The zero-order valence-corrected chi connectivity index (χ0v) is 7.21. The summed E-state index contributed by atoms with van der Waals surface area (Å²) in [5.41, 5.74) is 5.27. The van der Waals surface area contributed by atoms with E-state index < -0.39 is 5.82 Å². The van der Waals surface area contributed by atoms with Crippen molar-refractivity contribution in [3.63, 3.8) is 0 Å². The van der Waals surface area contributed by atoms with Gasteiger partial charge in [0.1, 0.15) is 0 Å². The average molecular weight is 224 g/mol. The minimum Gasteiger partial charge on any atom is -0.396 e. The van der Waals surface area contributed by atoms with Gasteiger partial charge in [0, 0.05) is 4.47 Å². The summed E-state index contributed by atoms with van der Waals surface area (Å²) >= 11 is 8.53. The molecule has 0 amide bonds. The first kappa shape index (κ1) is 7.82. The predicted octanol–water partition coefficient (Wildman–Crippen LogP) is 2.82. The molecular formula is C6H4BrClFN. The van der Waals surface area contributed by atoms with Crippen LogP contribution < -0.4 is 5.73 Å². The summed E-state index contributed by atoms with van der Waals surface area (Å²) in [6.07, 6.45) is 0. The topological polar surface area (TPSA) is 26.0 Å². The molecule has 0 aliphatic rings. The minimum absolute atomic E-state index is 0.0278. The van der Waals surface area contributed by atoms with Crippen molar-refractivity contribution in [3.8, 4) is 0 Å². The molecule has 0 atom stereocenters. The molecule has 0 aliphatic heterocycles. The highest BCUT2D eigenvalue weighted by Gasteiger charge is 2.06. The van der Waals surface area contributed by atoms with Crippen molar-refractivity contribution < 1.29 is 4.39 Å². The van der Waals surface area contributed by atoms with E-state index in [1.165, 1.54) is 6.07 Å². The number of nitrogen functional groups attached to an aromatic ring is 1. The Hall–Kier alpha value is -0.280. The molecule has 1 nitrogen and oxygen atoms in total. The van der Waals surface area contributed by atoms with Gasteiger partial charge >= 0.3 is 0 Å². The van der Waals surface area contributed by atoms with E-state index in [4.69, 9.17) is 17.3 Å². The van der Waals surface area contributed by atoms with E-state index in [9.17, 15) is 4.39 Å². The quantitative estimate of drug-likeness (QED) is 0.532. The lowest BCUT2D eigenvalue weighted by Gasteiger charge is -1.99. The molecule has 0 heterocycles. The fourth-order valence-electron chi connectivity index (χ4n) is 0.541. The molecular weight excluding hydrogens is 220 g/mol. The molecule has 0 saturated carbocycles. The normalized spacial score (nSPS) is 9.90. The van der Waals surface area contributed by atoms with Gasteiger partial charge in [-0.3, -0.25) is 0 Å². The summed E-state index contributed by atoms with van der Waals surface area (Å²) in [6.45, 7) is 0. The first-order valence-corrected chi connectivity index (χ1v) is 3.69. The van der Waals surface area contributed by atoms with E-state index in [0.29, 0.717) is 4.47 Å². The predicted molar refractivity (Wildman–Crippen MR) is 43.5 cm³/mol. The number of nitrogens with two attached hydrogens (primary N) is 1. The second kappa shape index (κ2) is 2.76. The van der Waals surface area contributed by atoms with Crippen molar-refractivity contribution in [2.24, 2.45) is 0 Å². The molecule has 1 aromatic rings. The third-order valence-electron chi connectivity index (χ3n) is 1.07. The van der Waals surface area contributed by atoms with Gasteiger partial charge in [0.15, 0.2) is 5.82 Å². The van der Waals surface area contributed by atoms with Crippen LogP contribution in [-0.2, 0) is 0 Å². The monoisotopic (exact) mass is 223 g/mol. The highest BCUT2D eigenvalue weighted by atomic mass is 79.9. The molecule has 0 fully saturated rings. The highest BCUT2D eigenvalue weighted by molar-refractivity contribution is 9.10. The van der Waals surface area contributed by atoms with Gasteiger partial charge < -0.3 is 5.73 Å². The molecule has 0 bridgehead atoms. The fourth-order valence-corrected chi connectivity index (χ4v) is 1.02. The molecule has 0 aliphatic carbocycles. The number of hydrogen-bond acceptors (Lipinski definition) is 1. The molecule has 4 heteroatoms. The Morgan fingerprint density at radius 1 is 1.50 bits per heavy atom. The first-order valence-electron chi connectivity index (χ1n) is 2.52. The number of rotatable bonds is 0. The summed E-state index contributed by atoms with van der Waals surface area (Å²) in [4.78, 5) is 0. The standard InChI is InChI=1S/C6H4BrClFN/c7-3-1-2-4(10)6(9)5(3)8/h1-2H,10H2. The summed E-state index contributed by atoms with van der Waals surface area (Å²) in [5.74, 6) is -0.573. The van der Waals surface area contributed by atoms with Gasteiger partial charge in [-0.25, -0.2) is 4.39 Å². The van der Waals surface area contributed by atoms with E-state index in [1.54, 1.807) is 6.07 Å². The minimum atomic E-state index is -0.573. The van der Waals surface area contributed by atoms with Crippen LogP contribution in [0.15, 0.2) is 16.6 Å². The number of anilines is 1. The lowest BCUT2D eigenvalue weighted by molar-refractivity contribution is 0.632. The third-order valence-corrected chi connectivity index (χ3v) is 2.32. The highest BCUT2D eigenvalue weighted by Crippen LogP contribution is 2.28. The Morgan fingerprint density at radius 3 is 2.60 bits per heavy atom. The first-order chi connectivity index (χ1) is 4.63. The van der Waals surface area contributed by atoms with Crippen molar-refractivity contribution in [2.45, 2.75) is 0 Å². The van der Waals surface area contributed by atoms with Gasteiger partial charge in [-0.2, -0.15) is 0 Å². The Bertz CT molecular complexity index is 237. The summed E-state index contributed by atoms with van der Waals surface area (Å²) in [5, 5.41) is 0.0278. The van der Waals surface area contributed by atoms with E-state index in [-0.39, 0.29) is 10.7 Å². The van der Waals surface area contributed by atoms with E-state index in [0.717, 1.165) is 0 Å². The molecule has 54 valence electrons. The summed E-state index contributed by atoms with van der Waals surface area (Å²) in [6, 6.07) is 3.05. The summed E-state index contributed by atoms with van der Waals surface area (Å²) in [7, 11) is 0. The lowest BCUT2D eigenvalue weighted by Crippen LogP contribution is -1.90. The Labute approximate surface area is 71.1 Å². The zero-order valence-electron chi connectivity index (χ0n) is 4.87. The van der Waals surface area contributed by atoms with Crippen LogP contribution in [0.3, 0.4) is 0 Å². The van der Waals surface area contributed by atoms with Crippen molar-refractivity contribution in [3.05, 3.63) is 27.4 Å². The van der Waals surface area contributed by atoms with Crippen LogP contribution in [0.5, 0.6) is 0 Å².